The van der Waals surface area contributed by atoms with Crippen LogP contribution in [0, 0.1) is 6.92 Å². The first-order chi connectivity index (χ1) is 19.6. The number of carbonyl (C=O) groups excluding carboxylic acids is 2. The molecule has 1 fully saturated rings. The van der Waals surface area contributed by atoms with Crippen molar-refractivity contribution in [2.24, 2.45) is 0 Å². The Bertz CT molecular complexity index is 1590. The van der Waals surface area contributed by atoms with Crippen molar-refractivity contribution in [3.8, 4) is 17.0 Å². The monoisotopic (exact) mass is 562 g/mol. The minimum Gasteiger partial charge on any atom is -0.507 e. The Morgan fingerprint density at radius 1 is 1.00 bits per heavy atom. The number of nitrogens with zero attached hydrogens (tertiary/aromatic N) is 2. The van der Waals surface area contributed by atoms with Crippen molar-refractivity contribution in [3.63, 3.8) is 0 Å². The second-order valence-electron chi connectivity index (χ2n) is 10.3. The summed E-state index contributed by atoms with van der Waals surface area (Å²) in [7, 11) is 0. The third-order valence-corrected chi connectivity index (χ3v) is 7.21. The maximum atomic E-state index is 13.3. The van der Waals surface area contributed by atoms with Crippen molar-refractivity contribution < 1.29 is 27.9 Å². The van der Waals surface area contributed by atoms with E-state index in [2.05, 4.69) is 15.7 Å². The van der Waals surface area contributed by atoms with E-state index in [9.17, 15) is 27.9 Å². The van der Waals surface area contributed by atoms with Crippen molar-refractivity contribution in [1.82, 2.24) is 15.1 Å². The Morgan fingerprint density at radius 2 is 1.76 bits per heavy atom. The number of hydrogen-bond donors (Lipinski definition) is 3. The molecule has 10 heteroatoms. The molecule has 1 aliphatic carbocycles. The number of carbonyl (C=O) groups is 2. The Balaban J connectivity index is 1.41. The lowest BCUT2D eigenvalue weighted by molar-refractivity contribution is -0.137. The van der Waals surface area contributed by atoms with E-state index >= 15 is 0 Å². The molecule has 1 saturated carbocycles. The summed E-state index contributed by atoms with van der Waals surface area (Å²) in [6.07, 6.45) is -0.675. The fraction of sp³-hybridized carbons (Fsp3) is 0.258. The van der Waals surface area contributed by atoms with Gasteiger partial charge in [-0.25, -0.2) is 4.79 Å². The highest BCUT2D eigenvalue weighted by Crippen LogP contribution is 2.38. The lowest BCUT2D eigenvalue weighted by atomic mass is 10.0. The molecular formula is C31H29F3N4O3. The average molecular weight is 563 g/mol. The van der Waals surface area contributed by atoms with Gasteiger partial charge in [0, 0.05) is 29.3 Å². The van der Waals surface area contributed by atoms with E-state index < -0.39 is 23.7 Å². The molecule has 2 amide bonds. The number of alkyl halides is 3. The van der Waals surface area contributed by atoms with Crippen LogP contribution in [0.5, 0.6) is 5.75 Å². The maximum absolute atomic E-state index is 13.3. The van der Waals surface area contributed by atoms with Crippen molar-refractivity contribution >= 4 is 17.6 Å². The molecule has 0 unspecified atom stereocenters. The van der Waals surface area contributed by atoms with Gasteiger partial charge in [0.05, 0.1) is 17.0 Å². The highest BCUT2D eigenvalue weighted by Gasteiger charge is 2.31. The first-order valence-electron chi connectivity index (χ1n) is 13.3. The molecule has 1 heterocycles. The summed E-state index contributed by atoms with van der Waals surface area (Å²) in [5.41, 5.74) is 2.55. The summed E-state index contributed by atoms with van der Waals surface area (Å²) >= 11 is 0. The van der Waals surface area contributed by atoms with Gasteiger partial charge >= 0.3 is 12.2 Å². The molecule has 0 saturated heterocycles. The third-order valence-electron chi connectivity index (χ3n) is 7.21. The Kier molecular flexibility index (Phi) is 7.83. The lowest BCUT2D eigenvalue weighted by Gasteiger charge is -2.12. The number of rotatable bonds is 6. The molecule has 0 atom stereocenters. The smallest absolute Gasteiger partial charge is 0.416 e. The number of benzene rings is 3. The number of anilines is 1. The van der Waals surface area contributed by atoms with E-state index in [1.54, 1.807) is 6.07 Å². The lowest BCUT2D eigenvalue weighted by Crippen LogP contribution is -2.30. The zero-order valence-corrected chi connectivity index (χ0v) is 22.3. The molecule has 4 aromatic rings. The van der Waals surface area contributed by atoms with Gasteiger partial charge in [0.15, 0.2) is 0 Å². The second kappa shape index (κ2) is 11.5. The molecule has 3 N–H and O–H groups in total. The van der Waals surface area contributed by atoms with E-state index in [4.69, 9.17) is 0 Å². The van der Waals surface area contributed by atoms with Crippen LogP contribution in [-0.4, -0.2) is 26.8 Å². The van der Waals surface area contributed by atoms with Gasteiger partial charge in [-0.15, -0.1) is 0 Å². The van der Waals surface area contributed by atoms with Crippen LogP contribution in [0.2, 0.25) is 0 Å². The standard InChI is InChI=1S/C31H29F3N4O3/c1-19-6-4-7-20(14-19)18-35-30(41)38-27(21-8-2-3-9-21)17-26(37-38)25-16-24(12-13-28(25)39)36-29(40)22-10-5-11-23(15-22)31(32,33)34/h4-7,10-17,21,39H,2-3,8-9,18H2,1H3,(H,35,41)(H,36,40). The van der Waals surface area contributed by atoms with E-state index in [0.29, 0.717) is 12.2 Å². The molecule has 212 valence electrons. The quantitative estimate of drug-likeness (QED) is 0.216. The summed E-state index contributed by atoms with van der Waals surface area (Å²) < 4.78 is 40.6. The van der Waals surface area contributed by atoms with Gasteiger partial charge in [0.1, 0.15) is 5.75 Å². The zero-order valence-electron chi connectivity index (χ0n) is 22.3. The normalized spacial score (nSPS) is 13.8. The predicted molar refractivity (Wildman–Crippen MR) is 149 cm³/mol. The van der Waals surface area contributed by atoms with E-state index in [0.717, 1.165) is 54.6 Å². The molecule has 5 rings (SSSR count). The Hall–Kier alpha value is -4.60. The number of nitrogens with one attached hydrogen (secondary N) is 2. The van der Waals surface area contributed by atoms with Crippen LogP contribution in [0.1, 0.15) is 64.3 Å². The predicted octanol–water partition coefficient (Wildman–Crippen LogP) is 7.25. The molecule has 0 spiro atoms. The topological polar surface area (TPSA) is 96.3 Å². The number of phenols is 1. The molecular weight excluding hydrogens is 533 g/mol. The number of aryl methyl sites for hydroxylation is 1. The van der Waals surface area contributed by atoms with Gasteiger partial charge in [-0.1, -0.05) is 48.7 Å². The van der Waals surface area contributed by atoms with Gasteiger partial charge in [-0.2, -0.15) is 23.0 Å². The molecule has 1 aliphatic rings. The van der Waals surface area contributed by atoms with Crippen LogP contribution in [0.3, 0.4) is 0 Å². The zero-order chi connectivity index (χ0) is 29.1. The number of aromatic nitrogens is 2. The van der Waals surface area contributed by atoms with Crippen molar-refractivity contribution in [3.05, 3.63) is 101 Å². The summed E-state index contributed by atoms with van der Waals surface area (Å²) in [5, 5.41) is 20.7. The molecule has 3 aromatic carbocycles. The molecule has 0 aliphatic heterocycles. The van der Waals surface area contributed by atoms with Crippen LogP contribution >= 0.6 is 0 Å². The van der Waals surface area contributed by atoms with Crippen LogP contribution in [0.4, 0.5) is 23.7 Å². The van der Waals surface area contributed by atoms with Crippen LogP contribution in [0.25, 0.3) is 11.3 Å². The third kappa shape index (κ3) is 6.42. The fourth-order valence-corrected chi connectivity index (χ4v) is 5.14. The highest BCUT2D eigenvalue weighted by molar-refractivity contribution is 6.04. The van der Waals surface area contributed by atoms with Crippen LogP contribution in [0.15, 0.2) is 72.8 Å². The molecule has 0 bridgehead atoms. The number of aromatic hydroxyl groups is 1. The van der Waals surface area contributed by atoms with Crippen molar-refractivity contribution in [2.75, 3.05) is 5.32 Å². The molecule has 0 radical (unpaired) electrons. The molecule has 7 nitrogen and oxygen atoms in total. The minimum absolute atomic E-state index is 0.121. The second-order valence-corrected chi connectivity index (χ2v) is 10.3. The van der Waals surface area contributed by atoms with Crippen molar-refractivity contribution in [1.29, 1.82) is 0 Å². The first-order valence-corrected chi connectivity index (χ1v) is 13.3. The Morgan fingerprint density at radius 3 is 2.49 bits per heavy atom. The van der Waals surface area contributed by atoms with E-state index in [1.165, 1.54) is 35.0 Å². The molecule has 41 heavy (non-hydrogen) atoms. The molecule has 1 aromatic heterocycles. The Labute approximate surface area is 235 Å². The van der Waals surface area contributed by atoms with Gasteiger partial charge in [0.2, 0.25) is 0 Å². The van der Waals surface area contributed by atoms with Gasteiger partial charge < -0.3 is 15.7 Å². The van der Waals surface area contributed by atoms with Gasteiger partial charge in [-0.3, -0.25) is 4.79 Å². The van der Waals surface area contributed by atoms with Crippen LogP contribution in [-0.2, 0) is 12.7 Å². The van der Waals surface area contributed by atoms with E-state index in [-0.39, 0.29) is 28.5 Å². The minimum atomic E-state index is -4.58. The van der Waals surface area contributed by atoms with Gasteiger partial charge in [-0.05, 0) is 67.8 Å². The van der Waals surface area contributed by atoms with Crippen molar-refractivity contribution in [2.45, 2.75) is 51.2 Å². The highest BCUT2D eigenvalue weighted by atomic mass is 19.4. The summed E-state index contributed by atoms with van der Waals surface area (Å²) in [4.78, 5) is 26.0. The van der Waals surface area contributed by atoms with Crippen LogP contribution < -0.4 is 10.6 Å². The number of halogens is 3. The summed E-state index contributed by atoms with van der Waals surface area (Å²) in [6.45, 7) is 2.30. The number of phenolic OH excluding ortho intramolecular Hbond substituents is 1. The number of hydrogen-bond acceptors (Lipinski definition) is 4. The SMILES string of the molecule is Cc1cccc(CNC(=O)n2nc(-c3cc(NC(=O)c4cccc(C(F)(F)F)c4)ccc3O)cc2C2CCCC2)c1. The summed E-state index contributed by atoms with van der Waals surface area (Å²) in [6, 6.07) is 17.6. The van der Waals surface area contributed by atoms with E-state index in [1.807, 2.05) is 31.2 Å². The maximum Gasteiger partial charge on any atom is 0.416 e. The number of amides is 2. The fourth-order valence-electron chi connectivity index (χ4n) is 5.14. The average Bonchev–Trinajstić information content (AvgIpc) is 3.63. The largest absolute Gasteiger partial charge is 0.507 e. The summed E-state index contributed by atoms with van der Waals surface area (Å²) in [5.74, 6) is -0.725. The van der Waals surface area contributed by atoms with Gasteiger partial charge in [0.25, 0.3) is 5.91 Å². The first kappa shape index (κ1) is 27.9.